The molecule has 1 rings (SSSR count). The van der Waals surface area contributed by atoms with Crippen molar-refractivity contribution in [3.05, 3.63) is 22.4 Å². The number of aliphatic imine (C=N–C) groups is 1. The molecule has 0 saturated heterocycles. The van der Waals surface area contributed by atoms with E-state index < -0.39 is 0 Å². The van der Waals surface area contributed by atoms with Gasteiger partial charge in [0, 0.05) is 19.6 Å². The molecule has 0 unspecified atom stereocenters. The molecule has 0 atom stereocenters. The topological polar surface area (TPSA) is 36.4 Å². The van der Waals surface area contributed by atoms with Crippen molar-refractivity contribution in [3.63, 3.8) is 0 Å². The minimum absolute atomic E-state index is 0.839. The maximum absolute atomic E-state index is 4.48. The van der Waals surface area contributed by atoms with Crippen molar-refractivity contribution >= 4 is 17.3 Å². The van der Waals surface area contributed by atoms with E-state index in [9.17, 15) is 0 Å². The van der Waals surface area contributed by atoms with E-state index in [4.69, 9.17) is 0 Å². The number of hydrogen-bond donors (Lipinski definition) is 2. The van der Waals surface area contributed by atoms with Gasteiger partial charge in [0.2, 0.25) is 0 Å². The molecule has 0 bridgehead atoms. The highest BCUT2D eigenvalue weighted by Crippen LogP contribution is 2.06. The average Bonchev–Trinajstić information content (AvgIpc) is 2.71. The molecule has 2 N–H and O–H groups in total. The molecule has 1 aromatic rings. The highest BCUT2D eigenvalue weighted by molar-refractivity contribution is 7.07. The van der Waals surface area contributed by atoms with Crippen molar-refractivity contribution in [1.29, 1.82) is 0 Å². The molecule has 0 aliphatic carbocycles. The third-order valence-electron chi connectivity index (χ3n) is 1.94. The molecule has 0 aliphatic heterocycles. The maximum Gasteiger partial charge on any atom is 0.191 e. The summed E-state index contributed by atoms with van der Waals surface area (Å²) in [5.74, 6) is 0.912. The molecular formula is C11H19N3S. The molecular weight excluding hydrogens is 206 g/mol. The number of guanidine groups is 1. The standard InChI is InChI=1S/C11H19N3S/c1-3-12-11(13-4-2)14-7-5-10-6-8-15-9-10/h6,8-9H,3-5,7H2,1-2H3,(H2,12,13,14). The molecule has 1 aromatic heterocycles. The molecule has 1 heterocycles. The second kappa shape index (κ2) is 7.29. The Balaban J connectivity index is 2.32. The Morgan fingerprint density at radius 2 is 2.07 bits per heavy atom. The number of nitrogens with zero attached hydrogens (tertiary/aromatic N) is 1. The van der Waals surface area contributed by atoms with Crippen molar-refractivity contribution in [2.75, 3.05) is 19.6 Å². The third-order valence-corrected chi connectivity index (χ3v) is 2.67. The third kappa shape index (κ3) is 4.83. The lowest BCUT2D eigenvalue weighted by atomic mass is 10.2. The fraction of sp³-hybridized carbons (Fsp3) is 0.545. The Morgan fingerprint density at radius 3 is 2.60 bits per heavy atom. The van der Waals surface area contributed by atoms with Crippen LogP contribution in [0.2, 0.25) is 0 Å². The smallest absolute Gasteiger partial charge is 0.191 e. The summed E-state index contributed by atoms with van der Waals surface area (Å²) >= 11 is 1.74. The van der Waals surface area contributed by atoms with Gasteiger partial charge >= 0.3 is 0 Å². The molecule has 84 valence electrons. The molecule has 3 nitrogen and oxygen atoms in total. The van der Waals surface area contributed by atoms with E-state index in [0.717, 1.165) is 32.0 Å². The maximum atomic E-state index is 4.48. The van der Waals surface area contributed by atoms with Gasteiger partial charge in [0.1, 0.15) is 0 Å². The molecule has 0 aromatic carbocycles. The fourth-order valence-electron chi connectivity index (χ4n) is 1.24. The van der Waals surface area contributed by atoms with Crippen LogP contribution in [-0.2, 0) is 6.42 Å². The SMILES string of the molecule is CCNC(=NCCc1ccsc1)NCC. The predicted octanol–water partition coefficient (Wildman–Crippen LogP) is 1.87. The second-order valence-electron chi connectivity index (χ2n) is 3.17. The molecule has 4 heteroatoms. The van der Waals surface area contributed by atoms with E-state index >= 15 is 0 Å². The predicted molar refractivity (Wildman–Crippen MR) is 67.7 cm³/mol. The van der Waals surface area contributed by atoms with Crippen LogP contribution in [0, 0.1) is 0 Å². The van der Waals surface area contributed by atoms with Crippen LogP contribution < -0.4 is 10.6 Å². The monoisotopic (exact) mass is 225 g/mol. The Kier molecular flexibility index (Phi) is 5.85. The van der Waals surface area contributed by atoms with Gasteiger partial charge in [-0.2, -0.15) is 11.3 Å². The average molecular weight is 225 g/mol. The van der Waals surface area contributed by atoms with Crippen molar-refractivity contribution in [2.45, 2.75) is 20.3 Å². The largest absolute Gasteiger partial charge is 0.357 e. The molecule has 15 heavy (non-hydrogen) atoms. The van der Waals surface area contributed by atoms with Gasteiger partial charge in [0.25, 0.3) is 0 Å². The summed E-state index contributed by atoms with van der Waals surface area (Å²) in [6.07, 6.45) is 1.02. The first kappa shape index (κ1) is 12.0. The van der Waals surface area contributed by atoms with E-state index in [1.54, 1.807) is 11.3 Å². The van der Waals surface area contributed by atoms with E-state index in [0.29, 0.717) is 0 Å². The van der Waals surface area contributed by atoms with Gasteiger partial charge in [-0.25, -0.2) is 0 Å². The first-order chi connectivity index (χ1) is 7.36. The first-order valence-electron chi connectivity index (χ1n) is 5.40. The van der Waals surface area contributed by atoms with Gasteiger partial charge in [-0.15, -0.1) is 0 Å². The van der Waals surface area contributed by atoms with Crippen molar-refractivity contribution < 1.29 is 0 Å². The van der Waals surface area contributed by atoms with Crippen molar-refractivity contribution in [2.24, 2.45) is 4.99 Å². The lowest BCUT2D eigenvalue weighted by Crippen LogP contribution is -2.37. The number of hydrogen-bond acceptors (Lipinski definition) is 2. The van der Waals surface area contributed by atoms with Gasteiger partial charge in [0.05, 0.1) is 0 Å². The van der Waals surface area contributed by atoms with Gasteiger partial charge in [-0.1, -0.05) is 0 Å². The van der Waals surface area contributed by atoms with Crippen LogP contribution in [-0.4, -0.2) is 25.6 Å². The summed E-state index contributed by atoms with van der Waals surface area (Å²) < 4.78 is 0. The molecule has 0 spiro atoms. The highest BCUT2D eigenvalue weighted by Gasteiger charge is 1.95. The van der Waals surface area contributed by atoms with Crippen LogP contribution in [0.15, 0.2) is 21.8 Å². The molecule has 0 aliphatic rings. The summed E-state index contributed by atoms with van der Waals surface area (Å²) in [6.45, 7) is 6.80. The van der Waals surface area contributed by atoms with E-state index in [2.05, 4.69) is 46.3 Å². The van der Waals surface area contributed by atoms with Gasteiger partial charge in [-0.3, -0.25) is 4.99 Å². The quantitative estimate of drug-likeness (QED) is 0.593. The van der Waals surface area contributed by atoms with Crippen molar-refractivity contribution in [3.8, 4) is 0 Å². The summed E-state index contributed by atoms with van der Waals surface area (Å²) in [5.41, 5.74) is 1.37. The zero-order valence-corrected chi connectivity index (χ0v) is 10.2. The normalized spacial score (nSPS) is 9.73. The number of thiophene rings is 1. The Labute approximate surface area is 95.6 Å². The lowest BCUT2D eigenvalue weighted by molar-refractivity contribution is 0.833. The zero-order valence-electron chi connectivity index (χ0n) is 9.42. The molecule has 0 saturated carbocycles. The number of nitrogens with one attached hydrogen (secondary N) is 2. The Bertz CT molecular complexity index is 272. The van der Waals surface area contributed by atoms with Crippen LogP contribution >= 0.6 is 11.3 Å². The first-order valence-corrected chi connectivity index (χ1v) is 6.34. The van der Waals surface area contributed by atoms with Crippen LogP contribution in [0.25, 0.3) is 0 Å². The lowest BCUT2D eigenvalue weighted by Gasteiger charge is -2.08. The summed E-state index contributed by atoms with van der Waals surface area (Å²) in [7, 11) is 0. The summed E-state index contributed by atoms with van der Waals surface area (Å²) in [5, 5.41) is 10.7. The molecule has 0 radical (unpaired) electrons. The van der Waals surface area contributed by atoms with Gasteiger partial charge in [0.15, 0.2) is 5.96 Å². The van der Waals surface area contributed by atoms with Crippen LogP contribution in [0.1, 0.15) is 19.4 Å². The highest BCUT2D eigenvalue weighted by atomic mass is 32.1. The van der Waals surface area contributed by atoms with Gasteiger partial charge < -0.3 is 10.6 Å². The van der Waals surface area contributed by atoms with Crippen molar-refractivity contribution in [1.82, 2.24) is 10.6 Å². The Morgan fingerprint density at radius 1 is 1.33 bits per heavy atom. The second-order valence-corrected chi connectivity index (χ2v) is 3.95. The molecule has 0 amide bonds. The summed E-state index contributed by atoms with van der Waals surface area (Å²) in [4.78, 5) is 4.48. The zero-order chi connectivity index (χ0) is 10.9. The van der Waals surface area contributed by atoms with E-state index in [1.807, 2.05) is 0 Å². The summed E-state index contributed by atoms with van der Waals surface area (Å²) in [6, 6.07) is 2.15. The number of rotatable bonds is 5. The van der Waals surface area contributed by atoms with Gasteiger partial charge in [-0.05, 0) is 42.7 Å². The van der Waals surface area contributed by atoms with Crippen LogP contribution in [0.3, 0.4) is 0 Å². The minimum Gasteiger partial charge on any atom is -0.357 e. The Hall–Kier alpha value is -1.03. The van der Waals surface area contributed by atoms with Crippen LogP contribution in [0.5, 0.6) is 0 Å². The fourth-order valence-corrected chi connectivity index (χ4v) is 1.94. The van der Waals surface area contributed by atoms with E-state index in [1.165, 1.54) is 5.56 Å². The van der Waals surface area contributed by atoms with Crippen LogP contribution in [0.4, 0.5) is 0 Å². The van der Waals surface area contributed by atoms with E-state index in [-0.39, 0.29) is 0 Å². The minimum atomic E-state index is 0.839. The molecule has 0 fully saturated rings.